The van der Waals surface area contributed by atoms with E-state index in [4.69, 9.17) is 4.74 Å². The second-order valence-corrected chi connectivity index (χ2v) is 14.4. The Morgan fingerprint density at radius 1 is 0.600 bits per heavy atom. The number of unbranched alkanes of at least 4 members (excludes halogenated alkanes) is 19. The maximum Gasteiger partial charge on any atom is 0.306 e. The number of hydrogen-bond donors (Lipinski definition) is 3. The molecule has 0 aliphatic carbocycles. The van der Waals surface area contributed by atoms with Gasteiger partial charge in [-0.1, -0.05) is 173 Å². The summed E-state index contributed by atoms with van der Waals surface area (Å²) in [5, 5.41) is 23.5. The van der Waals surface area contributed by atoms with Crippen molar-refractivity contribution in [2.75, 3.05) is 6.61 Å². The van der Waals surface area contributed by atoms with Crippen molar-refractivity contribution in [2.24, 2.45) is 0 Å². The van der Waals surface area contributed by atoms with E-state index in [1.165, 1.54) is 83.5 Å². The average Bonchev–Trinajstić information content (AvgIpc) is 3.10. The monoisotopic (exact) mass is 704 g/mol. The van der Waals surface area contributed by atoms with Crippen molar-refractivity contribution in [3.8, 4) is 0 Å². The Balaban J connectivity index is 4.67. The van der Waals surface area contributed by atoms with E-state index < -0.39 is 18.2 Å². The Morgan fingerprint density at radius 3 is 1.62 bits per heavy atom. The number of ether oxygens (including phenoxy) is 1. The summed E-state index contributed by atoms with van der Waals surface area (Å²) in [6, 6.07) is -0.707. The summed E-state index contributed by atoms with van der Waals surface area (Å²) < 4.78 is 5.85. The predicted molar refractivity (Wildman–Crippen MR) is 213 cm³/mol. The molecule has 0 rings (SSSR count). The first-order valence-corrected chi connectivity index (χ1v) is 21.2. The number of allylic oxidation sites excluding steroid dienone is 6. The molecule has 0 aliphatic rings. The van der Waals surface area contributed by atoms with Gasteiger partial charge < -0.3 is 20.3 Å². The van der Waals surface area contributed by atoms with Crippen LogP contribution in [0.2, 0.25) is 0 Å². The van der Waals surface area contributed by atoms with Crippen LogP contribution in [0.1, 0.15) is 207 Å². The van der Waals surface area contributed by atoms with Gasteiger partial charge >= 0.3 is 5.97 Å². The van der Waals surface area contributed by atoms with Crippen LogP contribution in [0.3, 0.4) is 0 Å². The first-order valence-electron chi connectivity index (χ1n) is 21.2. The summed E-state index contributed by atoms with van der Waals surface area (Å²) >= 11 is 0. The molecule has 0 radical (unpaired) electrons. The lowest BCUT2D eigenvalue weighted by Crippen LogP contribution is -2.46. The Labute approximate surface area is 309 Å². The highest BCUT2D eigenvalue weighted by Gasteiger charge is 2.24. The molecule has 0 saturated carbocycles. The topological polar surface area (TPSA) is 95.9 Å². The van der Waals surface area contributed by atoms with Gasteiger partial charge in [-0.15, -0.1) is 0 Å². The normalized spacial score (nSPS) is 13.8. The van der Waals surface area contributed by atoms with Gasteiger partial charge in [-0.2, -0.15) is 0 Å². The number of esters is 1. The number of aliphatic hydroxyl groups is 2. The summed E-state index contributed by atoms with van der Waals surface area (Å²) in [4.78, 5) is 25.8. The van der Waals surface area contributed by atoms with Crippen LogP contribution in [0.25, 0.3) is 0 Å². The van der Waals surface area contributed by atoms with E-state index in [1.54, 1.807) is 0 Å². The van der Waals surface area contributed by atoms with Gasteiger partial charge in [0.2, 0.25) is 5.91 Å². The van der Waals surface area contributed by atoms with Crippen LogP contribution in [-0.4, -0.2) is 46.9 Å². The van der Waals surface area contributed by atoms with Crippen molar-refractivity contribution in [3.63, 3.8) is 0 Å². The Morgan fingerprint density at radius 2 is 1.08 bits per heavy atom. The lowest BCUT2D eigenvalue weighted by molar-refractivity contribution is -0.151. The van der Waals surface area contributed by atoms with Gasteiger partial charge in [0.25, 0.3) is 0 Å². The van der Waals surface area contributed by atoms with E-state index in [1.807, 2.05) is 0 Å². The van der Waals surface area contributed by atoms with E-state index in [0.717, 1.165) is 77.0 Å². The molecule has 0 aromatic heterocycles. The number of carbonyl (C=O) groups excluding carboxylic acids is 2. The molecule has 3 atom stereocenters. The van der Waals surface area contributed by atoms with Crippen molar-refractivity contribution >= 4 is 11.9 Å². The van der Waals surface area contributed by atoms with Crippen LogP contribution in [0, 0.1) is 0 Å². The Hall–Kier alpha value is -1.92. The van der Waals surface area contributed by atoms with Gasteiger partial charge in [-0.3, -0.25) is 9.59 Å². The standard InChI is InChI=1S/C44H81NO5/c1-4-7-10-13-16-19-21-22-24-26-29-32-35-40(50-44(49)37-34-31-28-23-18-15-12-9-6-3)38-43(48)45-41(39-46)42(47)36-33-30-27-25-20-17-14-11-8-5-2/h7,10,16,19,22,24,40-42,46-47H,4-6,8-9,11-15,17-18,20-21,23,25-39H2,1-3H3,(H,45,48)/b10-7+,19-16+,24-22+. The first-order chi connectivity index (χ1) is 24.5. The van der Waals surface area contributed by atoms with Crippen LogP contribution in [0.4, 0.5) is 0 Å². The van der Waals surface area contributed by atoms with Gasteiger partial charge in [0.05, 0.1) is 25.2 Å². The molecule has 6 nitrogen and oxygen atoms in total. The highest BCUT2D eigenvalue weighted by atomic mass is 16.5. The molecule has 6 heteroatoms. The molecule has 1 amide bonds. The summed E-state index contributed by atoms with van der Waals surface area (Å²) in [6.07, 6.45) is 42.1. The predicted octanol–water partition coefficient (Wildman–Crippen LogP) is 11.8. The van der Waals surface area contributed by atoms with Gasteiger partial charge in [-0.05, 0) is 57.8 Å². The fourth-order valence-corrected chi connectivity index (χ4v) is 6.27. The highest BCUT2D eigenvalue weighted by Crippen LogP contribution is 2.17. The zero-order valence-electron chi connectivity index (χ0n) is 33.0. The molecule has 292 valence electrons. The Kier molecular flexibility index (Phi) is 36.8. The number of amides is 1. The average molecular weight is 704 g/mol. The number of carbonyl (C=O) groups is 2. The fourth-order valence-electron chi connectivity index (χ4n) is 6.27. The van der Waals surface area contributed by atoms with Gasteiger partial charge in [0, 0.05) is 6.42 Å². The maximum atomic E-state index is 13.0. The lowest BCUT2D eigenvalue weighted by Gasteiger charge is -2.24. The molecule has 0 aromatic carbocycles. The third kappa shape index (κ3) is 33.2. The lowest BCUT2D eigenvalue weighted by atomic mass is 10.0. The number of hydrogen-bond acceptors (Lipinski definition) is 5. The largest absolute Gasteiger partial charge is 0.462 e. The molecule has 0 bridgehead atoms. The van der Waals surface area contributed by atoms with Crippen molar-refractivity contribution < 1.29 is 24.5 Å². The third-order valence-corrected chi connectivity index (χ3v) is 9.48. The van der Waals surface area contributed by atoms with Crippen LogP contribution in [0.5, 0.6) is 0 Å². The minimum Gasteiger partial charge on any atom is -0.462 e. The third-order valence-electron chi connectivity index (χ3n) is 9.48. The zero-order chi connectivity index (χ0) is 36.8. The van der Waals surface area contributed by atoms with Crippen LogP contribution in [0.15, 0.2) is 36.5 Å². The second-order valence-electron chi connectivity index (χ2n) is 14.4. The molecular weight excluding hydrogens is 622 g/mol. The van der Waals surface area contributed by atoms with Crippen molar-refractivity contribution in [1.29, 1.82) is 0 Å². The van der Waals surface area contributed by atoms with Gasteiger partial charge in [0.1, 0.15) is 6.10 Å². The van der Waals surface area contributed by atoms with Crippen molar-refractivity contribution in [3.05, 3.63) is 36.5 Å². The molecular formula is C44H81NO5. The second kappa shape index (κ2) is 38.3. The van der Waals surface area contributed by atoms with E-state index in [2.05, 4.69) is 62.5 Å². The molecule has 0 aliphatic heterocycles. The molecule has 0 heterocycles. The maximum absolute atomic E-state index is 13.0. The molecule has 50 heavy (non-hydrogen) atoms. The minimum absolute atomic E-state index is 0.0537. The molecule has 0 fully saturated rings. The van der Waals surface area contributed by atoms with Gasteiger partial charge in [-0.25, -0.2) is 0 Å². The molecule has 0 saturated heterocycles. The number of aliphatic hydroxyl groups excluding tert-OH is 2. The van der Waals surface area contributed by atoms with E-state index in [9.17, 15) is 19.8 Å². The van der Waals surface area contributed by atoms with Gasteiger partial charge in [0.15, 0.2) is 0 Å². The van der Waals surface area contributed by atoms with Crippen LogP contribution < -0.4 is 5.32 Å². The van der Waals surface area contributed by atoms with Crippen LogP contribution in [-0.2, 0) is 14.3 Å². The van der Waals surface area contributed by atoms with E-state index in [-0.39, 0.29) is 24.9 Å². The van der Waals surface area contributed by atoms with Crippen molar-refractivity contribution in [1.82, 2.24) is 5.32 Å². The minimum atomic E-state index is -0.792. The molecule has 0 aromatic rings. The smallest absolute Gasteiger partial charge is 0.306 e. The van der Waals surface area contributed by atoms with Crippen LogP contribution >= 0.6 is 0 Å². The summed E-state index contributed by atoms with van der Waals surface area (Å²) in [6.45, 7) is 6.30. The first kappa shape index (κ1) is 48.1. The Bertz CT molecular complexity index is 838. The van der Waals surface area contributed by atoms with E-state index >= 15 is 0 Å². The molecule has 3 N–H and O–H groups in total. The fraction of sp³-hybridized carbons (Fsp3) is 0.818. The summed E-state index contributed by atoms with van der Waals surface area (Å²) in [5.74, 6) is -0.515. The zero-order valence-corrected chi connectivity index (χ0v) is 33.0. The summed E-state index contributed by atoms with van der Waals surface area (Å²) in [7, 11) is 0. The summed E-state index contributed by atoms with van der Waals surface area (Å²) in [5.41, 5.74) is 0. The molecule has 3 unspecified atom stereocenters. The quantitative estimate of drug-likeness (QED) is 0.0340. The molecule has 0 spiro atoms. The highest BCUT2D eigenvalue weighted by molar-refractivity contribution is 5.77. The SMILES string of the molecule is CC/C=C/C/C=C/C/C=C/CCCCC(CC(=O)NC(CO)C(O)CCCCCCCCCCCC)OC(=O)CCCCCCCCCCC. The number of nitrogens with one attached hydrogen (secondary N) is 1. The van der Waals surface area contributed by atoms with E-state index in [0.29, 0.717) is 19.3 Å². The van der Waals surface area contributed by atoms with Crippen molar-refractivity contribution in [2.45, 2.75) is 225 Å². The number of rotatable bonds is 37.